The Bertz CT molecular complexity index is 632. The van der Waals surface area contributed by atoms with Crippen LogP contribution in [0.4, 0.5) is 0 Å². The first-order chi connectivity index (χ1) is 11.1. The maximum absolute atomic E-state index is 9.93. The molecule has 0 unspecified atom stereocenters. The van der Waals surface area contributed by atoms with E-state index in [9.17, 15) is 15.3 Å². The van der Waals surface area contributed by atoms with E-state index < -0.39 is 37.3 Å². The normalized spacial score (nSPS) is 31.0. The molecule has 0 radical (unpaired) electrons. The first-order valence-corrected chi connectivity index (χ1v) is 7.17. The van der Waals surface area contributed by atoms with Gasteiger partial charge in [-0.3, -0.25) is 0 Å². The maximum atomic E-state index is 9.93. The Morgan fingerprint density at radius 2 is 1.83 bits per heavy atom. The molecular weight excluding hydrogens is 304 g/mol. The highest BCUT2D eigenvalue weighted by molar-refractivity contribution is 5.57. The highest BCUT2D eigenvalue weighted by Crippen LogP contribution is 2.21. The van der Waals surface area contributed by atoms with Gasteiger partial charge >= 0.3 is 0 Å². The van der Waals surface area contributed by atoms with Gasteiger partial charge in [-0.2, -0.15) is 4.73 Å². The summed E-state index contributed by atoms with van der Waals surface area (Å²) in [7, 11) is 0. The van der Waals surface area contributed by atoms with E-state index in [-0.39, 0.29) is 0 Å². The van der Waals surface area contributed by atoms with E-state index in [1.165, 1.54) is 11.1 Å². The van der Waals surface area contributed by atoms with E-state index in [4.69, 9.17) is 14.7 Å². The number of imidazole rings is 1. The van der Waals surface area contributed by atoms with Gasteiger partial charge in [-0.25, -0.2) is 4.98 Å². The zero-order valence-electron chi connectivity index (χ0n) is 12.1. The Balaban J connectivity index is 1.73. The minimum Gasteiger partial charge on any atom is -0.394 e. The van der Waals surface area contributed by atoms with Crippen molar-refractivity contribution in [3.8, 4) is 11.3 Å². The molecule has 3 rings (SSSR count). The zero-order valence-corrected chi connectivity index (χ0v) is 12.1. The second-order valence-corrected chi connectivity index (χ2v) is 5.29. The Morgan fingerprint density at radius 1 is 1.09 bits per heavy atom. The van der Waals surface area contributed by atoms with E-state index in [1.54, 1.807) is 6.20 Å². The number of aliphatic hydroxyl groups is 4. The molecule has 4 N–H and O–H groups in total. The van der Waals surface area contributed by atoms with Crippen LogP contribution in [0.25, 0.3) is 11.3 Å². The predicted molar refractivity (Wildman–Crippen MR) is 78.0 cm³/mol. The zero-order chi connectivity index (χ0) is 16.4. The first kappa shape index (κ1) is 15.9. The number of rotatable bonds is 4. The molecule has 0 spiro atoms. The van der Waals surface area contributed by atoms with Crippen molar-refractivity contribution in [2.24, 2.45) is 0 Å². The second kappa shape index (κ2) is 6.65. The highest BCUT2D eigenvalue weighted by Gasteiger charge is 2.45. The summed E-state index contributed by atoms with van der Waals surface area (Å²) in [6, 6.07) is 9.44. The Labute approximate surface area is 132 Å². The van der Waals surface area contributed by atoms with Gasteiger partial charge in [-0.1, -0.05) is 30.3 Å². The van der Waals surface area contributed by atoms with Gasteiger partial charge in [0, 0.05) is 5.56 Å². The van der Waals surface area contributed by atoms with Gasteiger partial charge in [0.1, 0.15) is 30.7 Å². The quantitative estimate of drug-likeness (QED) is 0.557. The van der Waals surface area contributed by atoms with Crippen LogP contribution < -0.4 is 4.84 Å². The van der Waals surface area contributed by atoms with Gasteiger partial charge in [0.05, 0.1) is 18.5 Å². The van der Waals surface area contributed by atoms with Crippen LogP contribution in [0.2, 0.25) is 0 Å². The number of hydrogen-bond acceptors (Lipinski definition) is 7. The lowest BCUT2D eigenvalue weighted by Crippen LogP contribution is -2.60. The van der Waals surface area contributed by atoms with Gasteiger partial charge in [0.2, 0.25) is 0 Å². The Morgan fingerprint density at radius 3 is 2.52 bits per heavy atom. The number of benzene rings is 1. The third-order valence-corrected chi connectivity index (χ3v) is 3.70. The number of ether oxygens (including phenoxy) is 1. The molecule has 1 saturated heterocycles. The molecule has 1 fully saturated rings. The van der Waals surface area contributed by atoms with Crippen LogP contribution >= 0.6 is 0 Å². The van der Waals surface area contributed by atoms with E-state index in [1.807, 2.05) is 30.3 Å². The summed E-state index contributed by atoms with van der Waals surface area (Å²) in [6.45, 7) is -0.510. The largest absolute Gasteiger partial charge is 0.394 e. The molecule has 124 valence electrons. The lowest BCUT2D eigenvalue weighted by molar-refractivity contribution is -0.300. The lowest BCUT2D eigenvalue weighted by atomic mass is 9.99. The summed E-state index contributed by atoms with van der Waals surface area (Å²) in [5.74, 6) is 0. The van der Waals surface area contributed by atoms with Crippen LogP contribution in [-0.2, 0) is 4.74 Å². The van der Waals surface area contributed by atoms with Crippen LogP contribution in [0.1, 0.15) is 0 Å². The number of aliphatic hydroxyl groups excluding tert-OH is 4. The van der Waals surface area contributed by atoms with E-state index in [0.29, 0.717) is 5.69 Å². The maximum Gasteiger partial charge on any atom is 0.254 e. The summed E-state index contributed by atoms with van der Waals surface area (Å²) in [6.07, 6.45) is -3.64. The lowest BCUT2D eigenvalue weighted by Gasteiger charge is -2.39. The predicted octanol–water partition coefficient (Wildman–Crippen LogP) is -1.22. The van der Waals surface area contributed by atoms with Crippen molar-refractivity contribution in [2.45, 2.75) is 30.7 Å². The van der Waals surface area contributed by atoms with E-state index in [0.717, 1.165) is 5.56 Å². The molecule has 5 atom stereocenters. The molecule has 0 aliphatic carbocycles. The monoisotopic (exact) mass is 322 g/mol. The molecule has 1 aliphatic rings. The molecule has 0 saturated carbocycles. The van der Waals surface area contributed by atoms with Gasteiger partial charge in [0.15, 0.2) is 0 Å². The number of nitrogens with zero attached hydrogens (tertiary/aromatic N) is 2. The molecule has 2 heterocycles. The second-order valence-electron chi connectivity index (χ2n) is 5.29. The van der Waals surface area contributed by atoms with Crippen molar-refractivity contribution >= 4 is 0 Å². The van der Waals surface area contributed by atoms with Gasteiger partial charge < -0.3 is 30.0 Å². The van der Waals surface area contributed by atoms with Gasteiger partial charge in [-0.05, 0) is 0 Å². The van der Waals surface area contributed by atoms with Crippen molar-refractivity contribution in [3.05, 3.63) is 42.9 Å². The minimum atomic E-state index is -1.48. The molecule has 23 heavy (non-hydrogen) atoms. The van der Waals surface area contributed by atoms with Crippen molar-refractivity contribution in [1.29, 1.82) is 0 Å². The highest BCUT2D eigenvalue weighted by atomic mass is 16.8. The molecule has 0 bridgehead atoms. The average molecular weight is 322 g/mol. The standard InChI is InChI=1S/C15H18N2O6/c18-7-11-12(19)13(20)14(21)15(22-11)23-17-6-10(16-8-17)9-4-2-1-3-5-9/h1-6,8,11-15,18-21H,7H2/t11-,12-,13+,14-,15+/m1/s1. The van der Waals surface area contributed by atoms with Crippen molar-refractivity contribution in [3.63, 3.8) is 0 Å². The fourth-order valence-corrected chi connectivity index (χ4v) is 2.40. The van der Waals surface area contributed by atoms with Crippen molar-refractivity contribution < 1.29 is 30.0 Å². The van der Waals surface area contributed by atoms with Crippen LogP contribution in [0.3, 0.4) is 0 Å². The van der Waals surface area contributed by atoms with E-state index >= 15 is 0 Å². The van der Waals surface area contributed by atoms with Gasteiger partial charge in [-0.15, -0.1) is 0 Å². The summed E-state index contributed by atoms with van der Waals surface area (Å²) < 4.78 is 6.51. The third kappa shape index (κ3) is 3.21. The fourth-order valence-electron chi connectivity index (χ4n) is 2.40. The molecule has 1 aliphatic heterocycles. The topological polar surface area (TPSA) is 117 Å². The summed E-state index contributed by atoms with van der Waals surface area (Å²) >= 11 is 0. The van der Waals surface area contributed by atoms with Crippen LogP contribution in [0.15, 0.2) is 42.9 Å². The molecule has 8 nitrogen and oxygen atoms in total. The molecule has 1 aromatic heterocycles. The summed E-state index contributed by atoms with van der Waals surface area (Å²) in [5.41, 5.74) is 1.55. The number of aromatic nitrogens is 2. The van der Waals surface area contributed by atoms with Crippen LogP contribution in [0.5, 0.6) is 0 Å². The minimum absolute atomic E-state index is 0.510. The molecule has 8 heteroatoms. The average Bonchev–Trinajstić information content (AvgIpc) is 3.05. The summed E-state index contributed by atoms with van der Waals surface area (Å²) in [5, 5.41) is 38.5. The van der Waals surface area contributed by atoms with E-state index in [2.05, 4.69) is 4.98 Å². The van der Waals surface area contributed by atoms with Crippen LogP contribution in [-0.4, -0.2) is 67.5 Å². The summed E-state index contributed by atoms with van der Waals surface area (Å²) in [4.78, 5) is 9.61. The fraction of sp³-hybridized carbons (Fsp3) is 0.400. The molecule has 0 amide bonds. The smallest absolute Gasteiger partial charge is 0.254 e. The van der Waals surface area contributed by atoms with Crippen molar-refractivity contribution in [2.75, 3.05) is 6.61 Å². The Kier molecular flexibility index (Phi) is 4.60. The SMILES string of the molecule is OC[C@H]1O[C@@H](On2cnc(-c3ccccc3)c2)[C@H](O)[C@@H](O)[C@@H]1O. The van der Waals surface area contributed by atoms with Crippen LogP contribution in [0, 0.1) is 0 Å². The molecule has 2 aromatic rings. The van der Waals surface area contributed by atoms with Gasteiger partial charge in [0.25, 0.3) is 6.29 Å². The molecule has 1 aromatic carbocycles. The first-order valence-electron chi connectivity index (χ1n) is 7.17. The number of hydrogen-bond donors (Lipinski definition) is 4. The Hall–Kier alpha value is -1.97. The molecular formula is C15H18N2O6. The third-order valence-electron chi connectivity index (χ3n) is 3.70. The van der Waals surface area contributed by atoms with Crippen molar-refractivity contribution in [1.82, 2.24) is 9.71 Å².